The van der Waals surface area contributed by atoms with Gasteiger partial charge in [-0.05, 0) is 139 Å². The SMILES string of the molecule is CC(=O)N1CCC(C(=O)N(CCCN2C[C@@]3(C)CN(C(C)c4c(C)ccnc4C)C[C@@]3(C)C2)c2ccc(C)c(Cl)c2)CC1.CC(=O)N1CCC(C(=O)N(CCCN2C[C@]3(C)CNC[C@]3(C)C2)c2ccc(C)c(Cl)c2)CC1.CC12CNCC1(C)CNC2. The van der Waals surface area contributed by atoms with Crippen molar-refractivity contribution < 1.29 is 19.2 Å². The van der Waals surface area contributed by atoms with Crippen molar-refractivity contribution in [2.45, 2.75) is 135 Å². The van der Waals surface area contributed by atoms with Crippen LogP contribution in [0.5, 0.6) is 0 Å². The fourth-order valence-electron chi connectivity index (χ4n) is 16.2. The number of halogens is 2. The van der Waals surface area contributed by atoms with Crippen molar-refractivity contribution in [2.75, 3.05) is 141 Å². The van der Waals surface area contributed by atoms with Gasteiger partial charge in [-0.3, -0.25) is 29.1 Å². The lowest BCUT2D eigenvalue weighted by molar-refractivity contribution is -0.133. The highest BCUT2D eigenvalue weighted by atomic mass is 35.5. The van der Waals surface area contributed by atoms with Gasteiger partial charge in [0.1, 0.15) is 0 Å². The number of amides is 4. The highest BCUT2D eigenvalue weighted by Gasteiger charge is 2.58. The molecule has 8 aliphatic heterocycles. The smallest absolute Gasteiger partial charge is 0.230 e. The number of benzene rings is 2. The van der Waals surface area contributed by atoms with E-state index in [4.69, 9.17) is 23.2 Å². The van der Waals surface area contributed by atoms with Crippen LogP contribution in [0.15, 0.2) is 48.7 Å². The number of hydrogen-bond donors (Lipinski definition) is 3. The van der Waals surface area contributed by atoms with Crippen LogP contribution in [0.3, 0.4) is 0 Å². The molecule has 2 aromatic carbocycles. The zero-order valence-corrected chi connectivity index (χ0v) is 56.2. The topological polar surface area (TPSA) is 140 Å². The van der Waals surface area contributed by atoms with E-state index >= 15 is 0 Å². The summed E-state index contributed by atoms with van der Waals surface area (Å²) in [4.78, 5) is 71.1. The highest BCUT2D eigenvalue weighted by molar-refractivity contribution is 6.32. The second kappa shape index (κ2) is 26.7. The lowest BCUT2D eigenvalue weighted by atomic mass is 9.71. The number of carbonyl (C=O) groups is 4. The molecule has 5 atom stereocenters. The Hall–Kier alpha value is -4.19. The normalized spacial score (nSPS) is 29.8. The molecule has 8 fully saturated rings. The molecule has 11 rings (SSSR count). The minimum atomic E-state index is -0.0697. The summed E-state index contributed by atoms with van der Waals surface area (Å²) in [6.07, 6.45) is 6.63. The first-order chi connectivity index (χ1) is 40.6. The quantitative estimate of drug-likeness (QED) is 0.142. The first-order valence-electron chi connectivity index (χ1n) is 32.5. The van der Waals surface area contributed by atoms with Crippen molar-refractivity contribution >= 4 is 58.2 Å². The number of likely N-dealkylation sites (tertiary alicyclic amines) is 5. The largest absolute Gasteiger partial charge is 0.343 e. The molecule has 1 unspecified atom stereocenters. The molecule has 8 saturated heterocycles. The second-order valence-corrected chi connectivity index (χ2v) is 30.2. The molecule has 9 heterocycles. The number of aryl methyl sites for hydroxylation is 4. The fourth-order valence-corrected chi connectivity index (χ4v) is 16.6. The molecule has 3 aromatic rings. The molecule has 4 amide bonds. The molecule has 0 spiro atoms. The van der Waals surface area contributed by atoms with Crippen LogP contribution in [0, 0.1) is 72.0 Å². The van der Waals surface area contributed by atoms with Crippen molar-refractivity contribution in [3.63, 3.8) is 0 Å². The molecular weight excluding hydrogens is 1120 g/mol. The van der Waals surface area contributed by atoms with Crippen molar-refractivity contribution in [2.24, 2.45) is 44.3 Å². The van der Waals surface area contributed by atoms with Crippen LogP contribution in [-0.2, 0) is 19.2 Å². The number of piperidine rings is 2. The van der Waals surface area contributed by atoms with Gasteiger partial charge in [0, 0.05) is 215 Å². The molecule has 3 N–H and O–H groups in total. The summed E-state index contributed by atoms with van der Waals surface area (Å²) >= 11 is 12.9. The van der Waals surface area contributed by atoms with Crippen molar-refractivity contribution in [1.29, 1.82) is 0 Å². The number of fused-ring (bicyclic) bond motifs is 3. The Morgan fingerprint density at radius 3 is 1.28 bits per heavy atom. The molecule has 474 valence electrons. The van der Waals surface area contributed by atoms with E-state index in [0.29, 0.717) is 89.9 Å². The molecule has 17 heteroatoms. The van der Waals surface area contributed by atoms with Crippen molar-refractivity contribution in [1.82, 2.24) is 45.4 Å². The van der Waals surface area contributed by atoms with Gasteiger partial charge in [-0.2, -0.15) is 0 Å². The minimum Gasteiger partial charge on any atom is -0.343 e. The van der Waals surface area contributed by atoms with Crippen LogP contribution >= 0.6 is 23.2 Å². The maximum atomic E-state index is 13.9. The maximum absolute atomic E-state index is 13.9. The van der Waals surface area contributed by atoms with E-state index in [1.165, 1.54) is 37.3 Å². The highest BCUT2D eigenvalue weighted by Crippen LogP contribution is 2.54. The summed E-state index contributed by atoms with van der Waals surface area (Å²) in [5, 5.41) is 11.9. The van der Waals surface area contributed by atoms with E-state index in [9.17, 15) is 19.2 Å². The Bertz CT molecular complexity index is 2840. The van der Waals surface area contributed by atoms with Crippen LogP contribution in [0.2, 0.25) is 10.0 Å². The Morgan fingerprint density at radius 2 is 0.919 bits per heavy atom. The van der Waals surface area contributed by atoms with E-state index < -0.39 is 0 Å². The zero-order valence-electron chi connectivity index (χ0n) is 54.7. The summed E-state index contributed by atoms with van der Waals surface area (Å²) in [5.74, 6) is 0.391. The van der Waals surface area contributed by atoms with Crippen LogP contribution in [-0.4, -0.2) is 184 Å². The summed E-state index contributed by atoms with van der Waals surface area (Å²) < 4.78 is 0. The van der Waals surface area contributed by atoms with E-state index in [-0.39, 0.29) is 46.3 Å². The third-order valence-electron chi connectivity index (χ3n) is 23.0. The van der Waals surface area contributed by atoms with E-state index in [1.807, 2.05) is 76.0 Å². The third kappa shape index (κ3) is 13.9. The van der Waals surface area contributed by atoms with E-state index in [0.717, 1.165) is 119 Å². The summed E-state index contributed by atoms with van der Waals surface area (Å²) in [7, 11) is 0. The first kappa shape index (κ1) is 66.2. The number of aromatic nitrogens is 1. The second-order valence-electron chi connectivity index (χ2n) is 29.4. The van der Waals surface area contributed by atoms with Gasteiger partial charge in [-0.25, -0.2) is 0 Å². The number of pyridine rings is 1. The van der Waals surface area contributed by atoms with Crippen molar-refractivity contribution in [3.05, 3.63) is 86.7 Å². The molecule has 0 bridgehead atoms. The Labute approximate surface area is 526 Å². The van der Waals surface area contributed by atoms with Crippen molar-refractivity contribution in [3.8, 4) is 0 Å². The Kier molecular flexibility index (Phi) is 20.6. The zero-order chi connectivity index (χ0) is 62.1. The standard InChI is InChI=1S/C35H50ClN5O2.C26H39ClN4O2.C8H16N2/c1-24-9-10-30(19-31(24)36)41(33(43)29-12-17-39(18-13-29)28(5)42)16-8-15-38-20-34(6)22-40(23-35(34,7)21-38)27(4)32-25(2)11-14-37-26(32)3;1-19-6-7-22(14-23(19)27)31(24(33)21-8-12-30(13-9-21)20(2)32)11-5-10-29-17-25(3)15-28-16-26(25,4)18-29;1-7-3-9-5-8(7,2)6-10-4-7/h9-11,14,19,27,29H,8,12-13,15-18,20-23H2,1-7H3;6-7,14,21,28H,5,8-13,15-18H2,1-4H3;9-10H,3-6H2,1-2H3/t27?,34-,35+;25-,26+;. The molecule has 0 radical (unpaired) electrons. The van der Waals surface area contributed by atoms with Gasteiger partial charge in [0.2, 0.25) is 23.6 Å². The Balaban J connectivity index is 0.000000180. The molecule has 8 aliphatic rings. The molecule has 15 nitrogen and oxygen atoms in total. The average Bonchev–Trinajstić information content (AvgIpc) is 1.89. The van der Waals surface area contributed by atoms with E-state index in [2.05, 4.69) is 104 Å². The molecular formula is C69H105Cl2N11O4. The molecule has 86 heavy (non-hydrogen) atoms. The molecule has 0 aliphatic carbocycles. The van der Waals surface area contributed by atoms with Crippen LogP contribution in [0.1, 0.15) is 135 Å². The number of rotatable bonds is 14. The average molecular weight is 1220 g/mol. The lowest BCUT2D eigenvalue weighted by Crippen LogP contribution is -2.44. The molecule has 0 saturated carbocycles. The predicted molar refractivity (Wildman–Crippen MR) is 350 cm³/mol. The van der Waals surface area contributed by atoms with Crippen LogP contribution in [0.4, 0.5) is 11.4 Å². The predicted octanol–water partition coefficient (Wildman–Crippen LogP) is 9.81. The van der Waals surface area contributed by atoms with Crippen LogP contribution in [0.25, 0.3) is 0 Å². The Morgan fingerprint density at radius 1 is 0.547 bits per heavy atom. The molecule has 1 aromatic heterocycles. The maximum Gasteiger partial charge on any atom is 0.230 e. The number of anilines is 2. The van der Waals surface area contributed by atoms with Gasteiger partial charge in [0.25, 0.3) is 0 Å². The van der Waals surface area contributed by atoms with Gasteiger partial charge >= 0.3 is 0 Å². The van der Waals surface area contributed by atoms with E-state index in [1.54, 1.807) is 13.8 Å². The summed E-state index contributed by atoms with van der Waals surface area (Å²) in [6, 6.07) is 14.4. The summed E-state index contributed by atoms with van der Waals surface area (Å²) in [6.45, 7) is 47.8. The van der Waals surface area contributed by atoms with Gasteiger partial charge in [0.05, 0.1) is 0 Å². The number of carbonyl (C=O) groups excluding carboxylic acids is 4. The lowest BCUT2D eigenvalue weighted by Gasteiger charge is -2.34. The number of nitrogens with one attached hydrogen (secondary N) is 3. The third-order valence-corrected chi connectivity index (χ3v) is 23.8. The minimum absolute atomic E-state index is 0.0456. The van der Waals surface area contributed by atoms with Gasteiger partial charge in [0.15, 0.2) is 0 Å². The monoisotopic (exact) mass is 1220 g/mol. The van der Waals surface area contributed by atoms with Crippen LogP contribution < -0.4 is 25.8 Å². The number of hydrogen-bond acceptors (Lipinski definition) is 11. The fraction of sp³-hybridized carbons (Fsp3) is 0.696. The van der Waals surface area contributed by atoms with Gasteiger partial charge in [-0.1, -0.05) is 76.9 Å². The number of nitrogens with zero attached hydrogens (tertiary/aromatic N) is 8. The summed E-state index contributed by atoms with van der Waals surface area (Å²) in [5.41, 5.74) is 9.76. The van der Waals surface area contributed by atoms with Gasteiger partial charge < -0.3 is 45.3 Å². The first-order valence-corrected chi connectivity index (χ1v) is 33.2. The van der Waals surface area contributed by atoms with Gasteiger partial charge in [-0.15, -0.1) is 0 Å².